The average Bonchev–Trinajstić information content (AvgIpc) is 3.96. The van der Waals surface area contributed by atoms with Crippen LogP contribution in [-0.2, 0) is 20.1 Å². The molecule has 0 saturated carbocycles. The fourth-order valence-corrected chi connectivity index (χ4v) is 10.2. The summed E-state index contributed by atoms with van der Waals surface area (Å²) in [5.74, 6) is 1.26. The Labute approximate surface area is 426 Å². The fourth-order valence-electron chi connectivity index (χ4n) is 9.21. The summed E-state index contributed by atoms with van der Waals surface area (Å²) >= 11 is 0. The van der Waals surface area contributed by atoms with Crippen LogP contribution in [-0.4, -0.2) is 27.6 Å². The molecular formula is C63H56IrN4OSi-2. The minimum atomic E-state index is -1.23. The van der Waals surface area contributed by atoms with E-state index < -0.39 is 8.07 Å². The monoisotopic (exact) mass is 1110 g/mol. The van der Waals surface area contributed by atoms with Crippen LogP contribution < -0.4 is 5.19 Å². The summed E-state index contributed by atoms with van der Waals surface area (Å²) in [5, 5.41) is 3.50. The molecule has 0 fully saturated rings. The molecule has 0 aliphatic heterocycles. The summed E-state index contributed by atoms with van der Waals surface area (Å²) in [4.78, 5) is 14.9. The maximum atomic E-state index is 6.84. The van der Waals surface area contributed by atoms with Gasteiger partial charge in [-0.1, -0.05) is 167 Å². The molecule has 7 aromatic carbocycles. The summed E-state index contributed by atoms with van der Waals surface area (Å²) in [6, 6.07) is 66.3. The third-order valence-electron chi connectivity index (χ3n) is 13.1. The zero-order valence-corrected chi connectivity index (χ0v) is 44.4. The molecule has 0 unspecified atom stereocenters. The van der Waals surface area contributed by atoms with Gasteiger partial charge in [-0.25, -0.2) is 4.98 Å². The molecule has 0 amide bonds. The molecule has 11 aromatic rings. The second kappa shape index (κ2) is 20.1. The average molecular weight is 1110 g/mol. The smallest absolute Gasteiger partial charge is 0.155 e. The number of benzene rings is 7. The van der Waals surface area contributed by atoms with Crippen LogP contribution in [0.4, 0.5) is 0 Å². The minimum absolute atomic E-state index is 0. The van der Waals surface area contributed by atoms with E-state index in [0.717, 1.165) is 78.1 Å². The van der Waals surface area contributed by atoms with Crippen LogP contribution in [0.2, 0.25) is 19.6 Å². The Morgan fingerprint density at radius 1 is 0.571 bits per heavy atom. The van der Waals surface area contributed by atoms with Crippen molar-refractivity contribution in [2.45, 2.75) is 66.1 Å². The third-order valence-corrected chi connectivity index (χ3v) is 15.1. The van der Waals surface area contributed by atoms with Crippen LogP contribution in [0, 0.1) is 19.1 Å². The van der Waals surface area contributed by atoms with Gasteiger partial charge in [0.05, 0.1) is 25.0 Å². The SMILES string of the molecule is C[Si](C)(C)c1ccc(-c2[c-]cccc2)nc1.Cc1ccnc2c1nc(-c1[c-]ccc3c1oc1cc(-c4ccc(-c5ccccc5)cc4)ccc13)n2-c1c(C(C)C)cc(-c2ccccc2)cc1C(C)C.[Ir]. The topological polar surface area (TPSA) is 56.7 Å². The molecule has 0 aliphatic rings. The van der Waals surface area contributed by atoms with Gasteiger partial charge in [-0.2, -0.15) is 0 Å². The Morgan fingerprint density at radius 2 is 1.19 bits per heavy atom. The van der Waals surface area contributed by atoms with E-state index in [1.807, 2.05) is 54.9 Å². The Bertz CT molecular complexity index is 3550. The first-order chi connectivity index (χ1) is 33.4. The molecule has 0 saturated heterocycles. The van der Waals surface area contributed by atoms with Crippen LogP contribution in [0.25, 0.3) is 94.8 Å². The van der Waals surface area contributed by atoms with Crippen LogP contribution in [0.5, 0.6) is 0 Å². The van der Waals surface area contributed by atoms with Gasteiger partial charge in [0, 0.05) is 43.6 Å². The van der Waals surface area contributed by atoms with E-state index in [2.05, 4.69) is 203 Å². The number of aryl methyl sites for hydroxylation is 1. The van der Waals surface area contributed by atoms with Gasteiger partial charge in [0.2, 0.25) is 0 Å². The zero-order valence-electron chi connectivity index (χ0n) is 41.0. The largest absolute Gasteiger partial charge is 0.501 e. The Balaban J connectivity index is 0.000000304. The standard InChI is InChI=1S/C49H40N3O.C14H16NSi.Ir/c1-30(2)42-27-38(34-15-10-7-11-16-34)28-43(31(3)4)46(42)52-48(51-45-32(5)25-26-50-49(45)52)41-18-12-17-40-39-24-23-37(29-44(39)53-47(40)41)36-21-19-35(20-22-36)33-13-8-6-9-14-33;1-16(2,3)13-9-10-14(15-11-13)12-7-5-4-6-8-12;/h6-17,19-31H,1-5H3;4-7,9-11H,1-3H3;/q2*-1;. The first-order valence-corrected chi connectivity index (χ1v) is 27.5. The van der Waals surface area contributed by atoms with Crippen molar-refractivity contribution in [1.29, 1.82) is 0 Å². The molecule has 4 heterocycles. The molecule has 349 valence electrons. The maximum absolute atomic E-state index is 6.84. The van der Waals surface area contributed by atoms with Crippen molar-refractivity contribution in [2.75, 3.05) is 0 Å². The van der Waals surface area contributed by atoms with Crippen LogP contribution >= 0.6 is 0 Å². The number of pyridine rings is 2. The molecule has 4 aromatic heterocycles. The van der Waals surface area contributed by atoms with E-state index in [0.29, 0.717) is 0 Å². The number of nitrogens with zero attached hydrogens (tertiary/aromatic N) is 4. The second-order valence-corrected chi connectivity index (χ2v) is 24.6. The number of rotatable bonds is 9. The summed E-state index contributed by atoms with van der Waals surface area (Å²) in [7, 11) is -1.23. The van der Waals surface area contributed by atoms with E-state index in [1.165, 1.54) is 38.6 Å². The fraction of sp³-hybridized carbons (Fsp3) is 0.159. The first-order valence-electron chi connectivity index (χ1n) is 24.0. The van der Waals surface area contributed by atoms with E-state index >= 15 is 0 Å². The van der Waals surface area contributed by atoms with Gasteiger partial charge >= 0.3 is 0 Å². The number of hydrogen-bond acceptors (Lipinski definition) is 4. The van der Waals surface area contributed by atoms with Crippen molar-refractivity contribution >= 4 is 46.4 Å². The molecule has 0 aliphatic carbocycles. The molecule has 1 radical (unpaired) electrons. The maximum Gasteiger partial charge on any atom is 0.155 e. The van der Waals surface area contributed by atoms with Crippen molar-refractivity contribution < 1.29 is 24.5 Å². The molecule has 5 nitrogen and oxygen atoms in total. The molecule has 11 rings (SSSR count). The Hall–Kier alpha value is -7.02. The third kappa shape index (κ3) is 9.50. The van der Waals surface area contributed by atoms with Gasteiger partial charge in [-0.05, 0) is 104 Å². The summed E-state index contributed by atoms with van der Waals surface area (Å²) < 4.78 is 9.12. The Kier molecular flexibility index (Phi) is 13.8. The number of fused-ring (bicyclic) bond motifs is 4. The van der Waals surface area contributed by atoms with Crippen LogP contribution in [0.1, 0.15) is 56.2 Å². The molecule has 70 heavy (non-hydrogen) atoms. The van der Waals surface area contributed by atoms with Gasteiger partial charge < -0.3 is 14.0 Å². The van der Waals surface area contributed by atoms with Gasteiger partial charge in [0.15, 0.2) is 5.65 Å². The number of imidazole rings is 1. The van der Waals surface area contributed by atoms with Gasteiger partial charge in [-0.15, -0.1) is 54.1 Å². The summed E-state index contributed by atoms with van der Waals surface area (Å²) in [6.07, 6.45) is 3.91. The number of hydrogen-bond donors (Lipinski definition) is 0. The van der Waals surface area contributed by atoms with Crippen molar-refractivity contribution in [3.05, 3.63) is 211 Å². The van der Waals surface area contributed by atoms with Crippen molar-refractivity contribution in [1.82, 2.24) is 19.5 Å². The number of furan rings is 1. The molecule has 0 N–H and O–H groups in total. The van der Waals surface area contributed by atoms with Crippen molar-refractivity contribution in [3.8, 4) is 61.7 Å². The minimum Gasteiger partial charge on any atom is -0.501 e. The molecule has 7 heteroatoms. The van der Waals surface area contributed by atoms with Crippen LogP contribution in [0.3, 0.4) is 0 Å². The number of aromatic nitrogens is 4. The van der Waals surface area contributed by atoms with Gasteiger partial charge in [0.1, 0.15) is 5.58 Å². The van der Waals surface area contributed by atoms with Crippen molar-refractivity contribution in [3.63, 3.8) is 0 Å². The normalized spacial score (nSPS) is 11.6. The van der Waals surface area contributed by atoms with Gasteiger partial charge in [-0.3, -0.25) is 4.98 Å². The molecule has 0 spiro atoms. The molecule has 0 atom stereocenters. The van der Waals surface area contributed by atoms with E-state index in [9.17, 15) is 0 Å². The predicted molar refractivity (Wildman–Crippen MR) is 291 cm³/mol. The van der Waals surface area contributed by atoms with Gasteiger partial charge in [0.25, 0.3) is 0 Å². The second-order valence-electron chi connectivity index (χ2n) is 19.6. The summed E-state index contributed by atoms with van der Waals surface area (Å²) in [6.45, 7) is 18.2. The van der Waals surface area contributed by atoms with E-state index in [-0.39, 0.29) is 31.9 Å². The molecular weight excluding hydrogens is 1050 g/mol. The van der Waals surface area contributed by atoms with Crippen LogP contribution in [0.15, 0.2) is 187 Å². The van der Waals surface area contributed by atoms with Crippen molar-refractivity contribution in [2.24, 2.45) is 0 Å². The Morgan fingerprint density at radius 3 is 1.79 bits per heavy atom. The quantitative estimate of drug-likeness (QED) is 0.107. The van der Waals surface area contributed by atoms with E-state index in [1.54, 1.807) is 0 Å². The first kappa shape index (κ1) is 48.0. The molecule has 0 bridgehead atoms. The van der Waals surface area contributed by atoms with E-state index in [4.69, 9.17) is 14.4 Å². The summed E-state index contributed by atoms with van der Waals surface area (Å²) in [5.41, 5.74) is 18.0. The zero-order chi connectivity index (χ0) is 47.8. The predicted octanol–water partition coefficient (Wildman–Crippen LogP) is 16.4.